The van der Waals surface area contributed by atoms with E-state index in [0.717, 1.165) is 39.8 Å². The van der Waals surface area contributed by atoms with E-state index < -0.39 is 15.9 Å². The molecule has 4 aromatic carbocycles. The van der Waals surface area contributed by atoms with Gasteiger partial charge in [-0.3, -0.25) is 9.36 Å². The maximum absolute atomic E-state index is 13.5. The molecule has 5 aromatic rings. The van der Waals surface area contributed by atoms with Crippen LogP contribution in [-0.4, -0.2) is 25.4 Å². The fourth-order valence-corrected chi connectivity index (χ4v) is 6.34. The summed E-state index contributed by atoms with van der Waals surface area (Å²) in [5, 5.41) is 15.3. The molecule has 0 aliphatic heterocycles. The molecule has 45 heavy (non-hydrogen) atoms. The molecule has 0 radical (unpaired) electrons. The van der Waals surface area contributed by atoms with E-state index in [1.54, 1.807) is 30.3 Å². The number of aromatic nitrogens is 1. The first-order valence-electron chi connectivity index (χ1n) is 14.2. The van der Waals surface area contributed by atoms with Gasteiger partial charge in [0.2, 0.25) is 14.8 Å². The molecular formula is C33H32BrN5O4S2. The number of benzene rings is 4. The average Bonchev–Trinajstić information content (AvgIpc) is 3.45. The fourth-order valence-electron chi connectivity index (χ4n) is 4.51. The van der Waals surface area contributed by atoms with Crippen molar-refractivity contribution < 1.29 is 17.9 Å². The van der Waals surface area contributed by atoms with Crippen molar-refractivity contribution >= 4 is 48.9 Å². The first-order valence-corrected chi connectivity index (χ1v) is 17.4. The Morgan fingerprint density at radius 1 is 1.02 bits per heavy atom. The molecule has 232 valence electrons. The van der Waals surface area contributed by atoms with Gasteiger partial charge in [-0.2, -0.15) is 0 Å². The minimum Gasteiger partial charge on any atom is -0.454 e. The molecule has 1 heterocycles. The highest BCUT2D eigenvalue weighted by Gasteiger charge is 2.24. The Morgan fingerprint density at radius 2 is 1.73 bits per heavy atom. The van der Waals surface area contributed by atoms with Gasteiger partial charge in [0.05, 0.1) is 11.4 Å². The van der Waals surface area contributed by atoms with Crippen LogP contribution in [0, 0.1) is 6.92 Å². The molecule has 0 saturated carbocycles. The Kier molecular flexibility index (Phi) is 10.2. The van der Waals surface area contributed by atoms with Crippen molar-refractivity contribution in [2.75, 3.05) is 11.9 Å². The van der Waals surface area contributed by atoms with E-state index in [0.29, 0.717) is 22.8 Å². The molecular weight excluding hydrogens is 674 g/mol. The van der Waals surface area contributed by atoms with Crippen molar-refractivity contribution in [2.24, 2.45) is 10.2 Å². The number of ether oxygens (including phenoxy) is 1. The van der Waals surface area contributed by atoms with E-state index in [9.17, 15) is 13.2 Å². The number of rotatable bonds is 11. The Bertz CT molecular complexity index is 1970. The van der Waals surface area contributed by atoms with Crippen LogP contribution in [-0.2, 0) is 10.0 Å². The number of nitrogens with two attached hydrogens (primary N) is 1. The summed E-state index contributed by atoms with van der Waals surface area (Å²) in [7, 11) is -4.29. The van der Waals surface area contributed by atoms with Crippen molar-refractivity contribution in [1.82, 2.24) is 9.99 Å². The van der Waals surface area contributed by atoms with E-state index in [-0.39, 0.29) is 16.2 Å². The lowest BCUT2D eigenvalue weighted by Crippen LogP contribution is -2.25. The van der Waals surface area contributed by atoms with Gasteiger partial charge in [-0.25, -0.2) is 19.0 Å². The van der Waals surface area contributed by atoms with E-state index in [1.165, 1.54) is 17.4 Å². The maximum Gasteiger partial charge on any atom is 0.271 e. The zero-order valence-electron chi connectivity index (χ0n) is 24.7. The normalized spacial score (nSPS) is 11.8. The van der Waals surface area contributed by atoms with Crippen molar-refractivity contribution in [3.8, 4) is 28.4 Å². The highest BCUT2D eigenvalue weighted by molar-refractivity contribution is 9.10. The molecule has 9 nitrogen and oxygen atoms in total. The fraction of sp³-hybridized carbons (Fsp3) is 0.152. The van der Waals surface area contributed by atoms with Crippen molar-refractivity contribution in [3.05, 3.63) is 117 Å². The summed E-state index contributed by atoms with van der Waals surface area (Å²) in [6, 6.07) is 27.4. The standard InChI is InChI=1S/C33H32BrN5O4S2/c1-3-4-18-36-28-19-24(20-30(45(35,41)42)31(28)43-27-8-6-5-7-9-27)32(40)37-38-33-39(26-16-14-25(34)15-17-26)29(21-44-33)23-12-10-22(2)11-13-23/h5-17,19-21,36H,3-4,18H2,1-2H3,(H,37,40)(H2,35,41,42)/b38-33-. The van der Waals surface area contributed by atoms with Gasteiger partial charge in [0.1, 0.15) is 10.6 Å². The van der Waals surface area contributed by atoms with Gasteiger partial charge >= 0.3 is 0 Å². The number of aryl methyl sites for hydroxylation is 1. The second kappa shape index (κ2) is 14.2. The number of nitrogens with zero attached hydrogens (tertiary/aromatic N) is 2. The quantitative estimate of drug-likeness (QED) is 0.0992. The number of sulfonamides is 1. The van der Waals surface area contributed by atoms with Gasteiger partial charge in [-0.15, -0.1) is 16.4 Å². The summed E-state index contributed by atoms with van der Waals surface area (Å²) in [5.74, 6) is -0.174. The van der Waals surface area contributed by atoms with Crippen LogP contribution >= 0.6 is 27.3 Å². The molecule has 0 atom stereocenters. The molecule has 0 saturated heterocycles. The van der Waals surface area contributed by atoms with E-state index in [2.05, 4.69) is 31.8 Å². The average molecular weight is 707 g/mol. The first kappa shape index (κ1) is 32.2. The number of nitrogens with one attached hydrogen (secondary N) is 2. The summed E-state index contributed by atoms with van der Waals surface area (Å²) in [5.41, 5.74) is 6.87. The monoisotopic (exact) mass is 705 g/mol. The van der Waals surface area contributed by atoms with Crippen LogP contribution in [0.2, 0.25) is 0 Å². The van der Waals surface area contributed by atoms with Crippen LogP contribution in [0.5, 0.6) is 11.5 Å². The number of para-hydroxylation sites is 1. The third kappa shape index (κ3) is 7.90. The molecule has 0 unspecified atom stereocenters. The zero-order valence-corrected chi connectivity index (χ0v) is 27.9. The minimum absolute atomic E-state index is 0.0161. The van der Waals surface area contributed by atoms with Crippen molar-refractivity contribution in [2.45, 2.75) is 31.6 Å². The zero-order chi connectivity index (χ0) is 32.0. The third-order valence-electron chi connectivity index (χ3n) is 6.83. The molecule has 0 bridgehead atoms. The van der Waals surface area contributed by atoms with Gasteiger partial charge in [-0.05, 0) is 67.4 Å². The molecule has 0 fully saturated rings. The van der Waals surface area contributed by atoms with Crippen LogP contribution < -0.4 is 25.4 Å². The smallest absolute Gasteiger partial charge is 0.271 e. The third-order valence-corrected chi connectivity index (χ3v) is 9.10. The van der Waals surface area contributed by atoms with Gasteiger partial charge in [0.25, 0.3) is 5.91 Å². The summed E-state index contributed by atoms with van der Waals surface area (Å²) in [6.07, 6.45) is 1.73. The largest absolute Gasteiger partial charge is 0.454 e. The summed E-state index contributed by atoms with van der Waals surface area (Å²) in [6.45, 7) is 4.60. The molecule has 0 aliphatic carbocycles. The van der Waals surface area contributed by atoms with Crippen molar-refractivity contribution in [3.63, 3.8) is 0 Å². The summed E-state index contributed by atoms with van der Waals surface area (Å²) >= 11 is 4.85. The number of hydrogen-bond acceptors (Lipinski definition) is 7. The number of halogens is 1. The number of thiazole rings is 1. The van der Waals surface area contributed by atoms with E-state index in [1.807, 2.05) is 78.4 Å². The van der Waals surface area contributed by atoms with Crippen LogP contribution in [0.3, 0.4) is 0 Å². The van der Waals surface area contributed by atoms with Gasteiger partial charge in [0, 0.05) is 27.6 Å². The second-order valence-corrected chi connectivity index (χ2v) is 13.5. The number of primary sulfonamides is 1. The first-order chi connectivity index (χ1) is 21.6. The van der Waals surface area contributed by atoms with Crippen LogP contribution in [0.4, 0.5) is 5.69 Å². The summed E-state index contributed by atoms with van der Waals surface area (Å²) in [4.78, 5) is 13.7. The van der Waals surface area contributed by atoms with Crippen LogP contribution in [0.15, 0.2) is 111 Å². The Balaban J connectivity index is 1.56. The molecule has 12 heteroatoms. The number of amides is 1. The van der Waals surface area contributed by atoms with Crippen LogP contribution in [0.1, 0.15) is 35.7 Å². The molecule has 0 spiro atoms. The Labute approximate surface area is 274 Å². The van der Waals surface area contributed by atoms with Gasteiger partial charge in [0.15, 0.2) is 5.75 Å². The minimum atomic E-state index is -4.29. The number of carbonyl (C=O) groups is 1. The Morgan fingerprint density at radius 3 is 2.40 bits per heavy atom. The lowest BCUT2D eigenvalue weighted by atomic mass is 10.1. The van der Waals surface area contributed by atoms with Gasteiger partial charge in [-0.1, -0.05) is 77.3 Å². The SMILES string of the molecule is CCCCNc1cc(C(=O)N/N=c2\scc(-c3ccc(C)cc3)n2-c2ccc(Br)cc2)cc(S(N)(=O)=O)c1Oc1ccccc1. The summed E-state index contributed by atoms with van der Waals surface area (Å²) < 4.78 is 34.4. The number of carbonyl (C=O) groups excluding carboxylic acids is 1. The van der Waals surface area contributed by atoms with Crippen LogP contribution in [0.25, 0.3) is 16.9 Å². The highest BCUT2D eigenvalue weighted by Crippen LogP contribution is 2.37. The molecule has 4 N–H and O–H groups in total. The van der Waals surface area contributed by atoms with Crippen molar-refractivity contribution in [1.29, 1.82) is 0 Å². The predicted octanol–water partition coefficient (Wildman–Crippen LogP) is 7.17. The molecule has 1 aromatic heterocycles. The molecule has 5 rings (SSSR count). The van der Waals surface area contributed by atoms with E-state index >= 15 is 0 Å². The lowest BCUT2D eigenvalue weighted by molar-refractivity contribution is 0.0953. The predicted molar refractivity (Wildman–Crippen MR) is 182 cm³/mol. The molecule has 0 aliphatic rings. The lowest BCUT2D eigenvalue weighted by Gasteiger charge is -2.17. The number of unbranched alkanes of at least 4 members (excludes halogenated alkanes) is 1. The molecule has 1 amide bonds. The number of hydrogen-bond donors (Lipinski definition) is 3. The number of anilines is 1. The highest BCUT2D eigenvalue weighted by atomic mass is 79.9. The second-order valence-electron chi connectivity index (χ2n) is 10.2. The van der Waals surface area contributed by atoms with Gasteiger partial charge < -0.3 is 10.1 Å². The Hall–Kier alpha value is -4.23. The van der Waals surface area contributed by atoms with E-state index in [4.69, 9.17) is 9.88 Å². The maximum atomic E-state index is 13.5. The topological polar surface area (TPSA) is 128 Å².